The minimum absolute atomic E-state index is 0.0265. The van der Waals surface area contributed by atoms with Crippen LogP contribution in [0.3, 0.4) is 0 Å². The van der Waals surface area contributed by atoms with Gasteiger partial charge in [0.05, 0.1) is 0 Å². The van der Waals surface area contributed by atoms with E-state index in [1.54, 1.807) is 0 Å². The summed E-state index contributed by atoms with van der Waals surface area (Å²) in [5, 5.41) is 2.75. The minimum Gasteiger partial charge on any atom is -0.326 e. The number of benzene rings is 1. The monoisotopic (exact) mass is 223 g/mol. The Morgan fingerprint density at radius 2 is 2.00 bits per heavy atom. The van der Waals surface area contributed by atoms with Crippen molar-refractivity contribution in [3.63, 3.8) is 0 Å². The zero-order valence-corrected chi connectivity index (χ0v) is 10.1. The van der Waals surface area contributed by atoms with Crippen LogP contribution in [0.25, 0.3) is 0 Å². The van der Waals surface area contributed by atoms with Crippen molar-refractivity contribution in [1.82, 2.24) is 0 Å². The van der Waals surface area contributed by atoms with Crippen molar-refractivity contribution >= 4 is 23.4 Å². The number of carbonyl (C=O) groups excluding carboxylic acids is 1. The molecule has 82 valence electrons. The average molecular weight is 223 g/mol. The standard InChI is InChI=1S/C12H17NOS/c1-3-4-9-15-12-7-5-11(6-8-12)13-10(2)14/h5-8H,3-4,9H2,1-2H3,(H,13,14). The van der Waals surface area contributed by atoms with E-state index < -0.39 is 0 Å². The fourth-order valence-electron chi connectivity index (χ4n) is 1.17. The van der Waals surface area contributed by atoms with E-state index in [-0.39, 0.29) is 5.91 Å². The fraction of sp³-hybridized carbons (Fsp3) is 0.417. The van der Waals surface area contributed by atoms with Crippen LogP contribution in [0.5, 0.6) is 0 Å². The summed E-state index contributed by atoms with van der Waals surface area (Å²) in [6, 6.07) is 7.97. The Bertz CT molecular complexity index is 308. The van der Waals surface area contributed by atoms with Gasteiger partial charge in [0.15, 0.2) is 0 Å². The molecule has 0 aromatic heterocycles. The van der Waals surface area contributed by atoms with E-state index in [0.717, 1.165) is 11.4 Å². The maximum Gasteiger partial charge on any atom is 0.221 e. The predicted molar refractivity (Wildman–Crippen MR) is 66.4 cm³/mol. The molecule has 1 aromatic carbocycles. The first-order valence-corrected chi connectivity index (χ1v) is 6.21. The second-order valence-corrected chi connectivity index (χ2v) is 4.58. The maximum absolute atomic E-state index is 10.8. The highest BCUT2D eigenvalue weighted by molar-refractivity contribution is 7.99. The number of unbranched alkanes of at least 4 members (excludes halogenated alkanes) is 1. The number of amides is 1. The zero-order chi connectivity index (χ0) is 11.1. The third-order valence-electron chi connectivity index (χ3n) is 1.94. The van der Waals surface area contributed by atoms with Gasteiger partial charge in [-0.05, 0) is 36.4 Å². The van der Waals surface area contributed by atoms with Crippen LogP contribution in [0, 0.1) is 0 Å². The molecule has 0 aliphatic heterocycles. The smallest absolute Gasteiger partial charge is 0.221 e. The van der Waals surface area contributed by atoms with Crippen LogP contribution in [0.2, 0.25) is 0 Å². The molecule has 3 heteroatoms. The molecule has 1 aromatic rings. The van der Waals surface area contributed by atoms with Gasteiger partial charge in [0.1, 0.15) is 0 Å². The predicted octanol–water partition coefficient (Wildman–Crippen LogP) is 3.54. The topological polar surface area (TPSA) is 29.1 Å². The third kappa shape index (κ3) is 4.88. The van der Waals surface area contributed by atoms with Crippen molar-refractivity contribution in [2.45, 2.75) is 31.6 Å². The average Bonchev–Trinajstić information content (AvgIpc) is 2.20. The number of hydrogen-bond acceptors (Lipinski definition) is 2. The fourth-order valence-corrected chi connectivity index (χ4v) is 2.17. The Kier molecular flexibility index (Phi) is 5.26. The molecule has 0 unspecified atom stereocenters. The van der Waals surface area contributed by atoms with Crippen LogP contribution < -0.4 is 5.32 Å². The lowest BCUT2D eigenvalue weighted by atomic mass is 10.3. The molecule has 0 atom stereocenters. The van der Waals surface area contributed by atoms with E-state index in [4.69, 9.17) is 0 Å². The van der Waals surface area contributed by atoms with Crippen LogP contribution in [-0.2, 0) is 4.79 Å². The molecule has 0 saturated carbocycles. The molecule has 0 aliphatic carbocycles. The number of rotatable bonds is 5. The molecular formula is C12H17NOS. The zero-order valence-electron chi connectivity index (χ0n) is 9.25. The lowest BCUT2D eigenvalue weighted by Gasteiger charge is -2.03. The molecule has 0 radical (unpaired) electrons. The summed E-state index contributed by atoms with van der Waals surface area (Å²) >= 11 is 1.86. The summed E-state index contributed by atoms with van der Waals surface area (Å²) in [5.41, 5.74) is 0.863. The van der Waals surface area contributed by atoms with Crippen LogP contribution in [0.4, 0.5) is 5.69 Å². The highest BCUT2D eigenvalue weighted by atomic mass is 32.2. The first kappa shape index (κ1) is 12.1. The molecular weight excluding hydrogens is 206 g/mol. The number of nitrogens with one attached hydrogen (secondary N) is 1. The van der Waals surface area contributed by atoms with Crippen molar-refractivity contribution in [3.8, 4) is 0 Å². The number of thioether (sulfide) groups is 1. The van der Waals surface area contributed by atoms with Crippen molar-refractivity contribution in [2.75, 3.05) is 11.1 Å². The van der Waals surface area contributed by atoms with Crippen molar-refractivity contribution in [2.24, 2.45) is 0 Å². The van der Waals surface area contributed by atoms with E-state index in [2.05, 4.69) is 12.2 Å². The molecule has 0 saturated heterocycles. The molecule has 0 heterocycles. The molecule has 2 nitrogen and oxygen atoms in total. The quantitative estimate of drug-likeness (QED) is 0.611. The summed E-state index contributed by atoms with van der Waals surface area (Å²) in [6.45, 7) is 3.71. The Morgan fingerprint density at radius 3 is 2.53 bits per heavy atom. The van der Waals surface area contributed by atoms with Crippen molar-refractivity contribution in [3.05, 3.63) is 24.3 Å². The van der Waals surface area contributed by atoms with Crippen molar-refractivity contribution < 1.29 is 4.79 Å². The Labute approximate surface area is 95.5 Å². The van der Waals surface area contributed by atoms with Crippen LogP contribution in [0.15, 0.2) is 29.2 Å². The largest absolute Gasteiger partial charge is 0.326 e. The summed E-state index contributed by atoms with van der Waals surface area (Å²) in [7, 11) is 0. The Morgan fingerprint density at radius 1 is 1.33 bits per heavy atom. The summed E-state index contributed by atoms with van der Waals surface area (Å²) in [5.74, 6) is 1.14. The lowest BCUT2D eigenvalue weighted by Crippen LogP contribution is -2.05. The lowest BCUT2D eigenvalue weighted by molar-refractivity contribution is -0.114. The molecule has 0 fully saturated rings. The van der Waals surface area contributed by atoms with Gasteiger partial charge < -0.3 is 5.32 Å². The summed E-state index contributed by atoms with van der Waals surface area (Å²) in [4.78, 5) is 12.1. The van der Waals surface area contributed by atoms with E-state index >= 15 is 0 Å². The minimum atomic E-state index is -0.0265. The van der Waals surface area contributed by atoms with Gasteiger partial charge >= 0.3 is 0 Å². The Hall–Kier alpha value is -0.960. The third-order valence-corrected chi connectivity index (χ3v) is 3.04. The van der Waals surface area contributed by atoms with Gasteiger partial charge in [-0.25, -0.2) is 0 Å². The SMILES string of the molecule is CCCCSc1ccc(NC(C)=O)cc1. The second kappa shape index (κ2) is 6.51. The van der Waals surface area contributed by atoms with Gasteiger partial charge in [-0.2, -0.15) is 0 Å². The van der Waals surface area contributed by atoms with Gasteiger partial charge in [0.2, 0.25) is 5.91 Å². The molecule has 0 spiro atoms. The molecule has 0 aliphatic rings. The molecule has 15 heavy (non-hydrogen) atoms. The first-order chi connectivity index (χ1) is 7.22. The van der Waals surface area contributed by atoms with Crippen LogP contribution in [-0.4, -0.2) is 11.7 Å². The van der Waals surface area contributed by atoms with Crippen LogP contribution >= 0.6 is 11.8 Å². The highest BCUT2D eigenvalue weighted by Gasteiger charge is 1.96. The van der Waals surface area contributed by atoms with E-state index in [1.807, 2.05) is 36.0 Å². The highest BCUT2D eigenvalue weighted by Crippen LogP contribution is 2.21. The normalized spacial score (nSPS) is 10.0. The van der Waals surface area contributed by atoms with Gasteiger partial charge in [-0.15, -0.1) is 11.8 Å². The number of hydrogen-bond donors (Lipinski definition) is 1. The first-order valence-electron chi connectivity index (χ1n) is 5.23. The van der Waals surface area contributed by atoms with Gasteiger partial charge in [0, 0.05) is 17.5 Å². The van der Waals surface area contributed by atoms with E-state index in [0.29, 0.717) is 0 Å². The van der Waals surface area contributed by atoms with Crippen molar-refractivity contribution in [1.29, 1.82) is 0 Å². The second-order valence-electron chi connectivity index (χ2n) is 3.41. The summed E-state index contributed by atoms with van der Waals surface area (Å²) < 4.78 is 0. The number of anilines is 1. The van der Waals surface area contributed by atoms with Gasteiger partial charge in [0.25, 0.3) is 0 Å². The van der Waals surface area contributed by atoms with Crippen LogP contribution in [0.1, 0.15) is 26.7 Å². The van der Waals surface area contributed by atoms with Gasteiger partial charge in [-0.1, -0.05) is 13.3 Å². The summed E-state index contributed by atoms with van der Waals surface area (Å²) in [6.07, 6.45) is 2.48. The molecule has 1 N–H and O–H groups in total. The van der Waals surface area contributed by atoms with Gasteiger partial charge in [-0.3, -0.25) is 4.79 Å². The Balaban J connectivity index is 2.45. The number of carbonyl (C=O) groups is 1. The molecule has 1 rings (SSSR count). The maximum atomic E-state index is 10.8. The van der Waals surface area contributed by atoms with E-state index in [1.165, 1.54) is 24.7 Å². The van der Waals surface area contributed by atoms with E-state index in [9.17, 15) is 4.79 Å². The molecule has 0 bridgehead atoms. The molecule has 1 amide bonds.